The Kier molecular flexibility index (Phi) is 3.22. The van der Waals surface area contributed by atoms with Crippen molar-refractivity contribution in [2.45, 2.75) is 31.9 Å². The van der Waals surface area contributed by atoms with Crippen molar-refractivity contribution in [3.63, 3.8) is 0 Å². The van der Waals surface area contributed by atoms with E-state index in [2.05, 4.69) is 0 Å². The summed E-state index contributed by atoms with van der Waals surface area (Å²) in [5.74, 6) is 0.571. The molecule has 0 bridgehead atoms. The summed E-state index contributed by atoms with van der Waals surface area (Å²) in [5, 5.41) is 0. The van der Waals surface area contributed by atoms with E-state index >= 15 is 0 Å². The lowest BCUT2D eigenvalue weighted by molar-refractivity contribution is -0.137. The summed E-state index contributed by atoms with van der Waals surface area (Å²) in [4.78, 5) is 11.1. The van der Waals surface area contributed by atoms with Crippen molar-refractivity contribution in [2.75, 3.05) is 0 Å². The number of hydrogen-bond donors (Lipinski definition) is 0. The molecule has 1 fully saturated rings. The van der Waals surface area contributed by atoms with E-state index in [1.165, 1.54) is 12.1 Å². The zero-order chi connectivity index (χ0) is 12.5. The standard InChI is InChI=1S/C13H13F3O/c14-13(15,16)11-4-1-9(2-5-11)7-10-3-6-12(17)8-10/h1-2,4-5,10H,3,6-8H2/t10-/m0/s1. The van der Waals surface area contributed by atoms with Crippen molar-refractivity contribution < 1.29 is 18.0 Å². The monoisotopic (exact) mass is 242 g/mol. The molecule has 0 unspecified atom stereocenters. The lowest BCUT2D eigenvalue weighted by Gasteiger charge is -2.10. The number of Topliss-reactive ketones (excluding diaryl/α,β-unsaturated/α-hetero) is 1. The molecule has 0 N–H and O–H groups in total. The van der Waals surface area contributed by atoms with Crippen LogP contribution in [0.15, 0.2) is 24.3 Å². The number of rotatable bonds is 2. The Labute approximate surface area is 97.6 Å². The Morgan fingerprint density at radius 2 is 1.82 bits per heavy atom. The van der Waals surface area contributed by atoms with E-state index in [1.807, 2.05) is 0 Å². The van der Waals surface area contributed by atoms with Gasteiger partial charge in [-0.1, -0.05) is 12.1 Å². The summed E-state index contributed by atoms with van der Waals surface area (Å²) in [7, 11) is 0. The van der Waals surface area contributed by atoms with E-state index in [1.54, 1.807) is 0 Å². The molecule has 0 saturated heterocycles. The average molecular weight is 242 g/mol. The van der Waals surface area contributed by atoms with Gasteiger partial charge in [0.05, 0.1) is 5.56 Å². The van der Waals surface area contributed by atoms with Crippen LogP contribution in [0.2, 0.25) is 0 Å². The van der Waals surface area contributed by atoms with Crippen molar-refractivity contribution in [3.8, 4) is 0 Å². The highest BCUT2D eigenvalue weighted by molar-refractivity contribution is 5.80. The third-order valence-corrected chi connectivity index (χ3v) is 3.15. The molecule has 4 heteroatoms. The molecule has 1 aliphatic carbocycles. The second-order valence-corrected chi connectivity index (χ2v) is 4.55. The van der Waals surface area contributed by atoms with Crippen molar-refractivity contribution >= 4 is 5.78 Å². The predicted octanol–water partition coefficient (Wildman–Crippen LogP) is 3.62. The van der Waals surface area contributed by atoms with Gasteiger partial charge in [-0.25, -0.2) is 0 Å². The van der Waals surface area contributed by atoms with Gasteiger partial charge in [0.2, 0.25) is 0 Å². The number of ketones is 1. The van der Waals surface area contributed by atoms with Gasteiger partial charge in [-0.3, -0.25) is 4.79 Å². The Morgan fingerprint density at radius 1 is 1.18 bits per heavy atom. The molecule has 2 rings (SSSR count). The third kappa shape index (κ3) is 3.08. The number of halogens is 3. The molecular formula is C13H13F3O. The van der Waals surface area contributed by atoms with Crippen LogP contribution in [0, 0.1) is 5.92 Å². The summed E-state index contributed by atoms with van der Waals surface area (Å²) < 4.78 is 37.0. The lowest BCUT2D eigenvalue weighted by atomic mass is 9.97. The van der Waals surface area contributed by atoms with Crippen LogP contribution in [-0.2, 0) is 17.4 Å². The van der Waals surface area contributed by atoms with Gasteiger partial charge in [0.15, 0.2) is 0 Å². The molecule has 1 aliphatic rings. The van der Waals surface area contributed by atoms with E-state index in [-0.39, 0.29) is 5.78 Å². The van der Waals surface area contributed by atoms with E-state index in [4.69, 9.17) is 0 Å². The quantitative estimate of drug-likeness (QED) is 0.774. The molecule has 0 aliphatic heterocycles. The number of benzene rings is 1. The molecule has 1 aromatic carbocycles. The highest BCUT2D eigenvalue weighted by Crippen LogP contribution is 2.30. The number of alkyl halides is 3. The molecule has 0 amide bonds. The molecule has 0 spiro atoms. The Hall–Kier alpha value is -1.32. The molecule has 1 nitrogen and oxygen atoms in total. The molecule has 0 aromatic heterocycles. The topological polar surface area (TPSA) is 17.1 Å². The van der Waals surface area contributed by atoms with E-state index in [0.29, 0.717) is 25.2 Å². The SMILES string of the molecule is O=C1CC[C@@H](Cc2ccc(C(F)(F)F)cc2)C1. The molecule has 17 heavy (non-hydrogen) atoms. The van der Waals surface area contributed by atoms with Gasteiger partial charge in [-0.05, 0) is 36.5 Å². The number of carbonyl (C=O) groups excluding carboxylic acids is 1. The Morgan fingerprint density at radius 3 is 2.29 bits per heavy atom. The lowest BCUT2D eigenvalue weighted by Crippen LogP contribution is -2.05. The normalized spacial score (nSPS) is 20.9. The van der Waals surface area contributed by atoms with Crippen molar-refractivity contribution in [1.29, 1.82) is 0 Å². The first kappa shape index (κ1) is 12.1. The van der Waals surface area contributed by atoms with Gasteiger partial charge in [-0.15, -0.1) is 0 Å². The van der Waals surface area contributed by atoms with Crippen LogP contribution in [0.1, 0.15) is 30.4 Å². The van der Waals surface area contributed by atoms with Crippen molar-refractivity contribution in [3.05, 3.63) is 35.4 Å². The first-order valence-corrected chi connectivity index (χ1v) is 5.63. The van der Waals surface area contributed by atoms with Gasteiger partial charge < -0.3 is 0 Å². The predicted molar refractivity (Wildman–Crippen MR) is 57.5 cm³/mol. The van der Waals surface area contributed by atoms with Crippen LogP contribution < -0.4 is 0 Å². The van der Waals surface area contributed by atoms with Crippen LogP contribution >= 0.6 is 0 Å². The van der Waals surface area contributed by atoms with E-state index in [9.17, 15) is 18.0 Å². The minimum Gasteiger partial charge on any atom is -0.300 e. The maximum Gasteiger partial charge on any atom is 0.416 e. The van der Waals surface area contributed by atoms with E-state index in [0.717, 1.165) is 24.1 Å². The van der Waals surface area contributed by atoms with Crippen molar-refractivity contribution in [1.82, 2.24) is 0 Å². The van der Waals surface area contributed by atoms with Crippen LogP contribution in [0.25, 0.3) is 0 Å². The molecule has 1 atom stereocenters. The van der Waals surface area contributed by atoms with Crippen LogP contribution in [-0.4, -0.2) is 5.78 Å². The van der Waals surface area contributed by atoms with Crippen LogP contribution in [0.3, 0.4) is 0 Å². The highest BCUT2D eigenvalue weighted by Gasteiger charge is 2.30. The molecular weight excluding hydrogens is 229 g/mol. The minimum absolute atomic E-state index is 0.266. The largest absolute Gasteiger partial charge is 0.416 e. The summed E-state index contributed by atoms with van der Waals surface area (Å²) in [6, 6.07) is 5.22. The zero-order valence-corrected chi connectivity index (χ0v) is 9.26. The maximum absolute atomic E-state index is 12.3. The minimum atomic E-state index is -4.28. The van der Waals surface area contributed by atoms with Gasteiger partial charge in [0.25, 0.3) is 0 Å². The molecule has 1 saturated carbocycles. The van der Waals surface area contributed by atoms with Crippen LogP contribution in [0.4, 0.5) is 13.2 Å². The fourth-order valence-electron chi connectivity index (χ4n) is 2.23. The number of hydrogen-bond acceptors (Lipinski definition) is 1. The maximum atomic E-state index is 12.3. The second-order valence-electron chi connectivity index (χ2n) is 4.55. The smallest absolute Gasteiger partial charge is 0.300 e. The Bertz CT molecular complexity index is 406. The summed E-state index contributed by atoms with van der Waals surface area (Å²) in [5.41, 5.74) is 0.251. The Balaban J connectivity index is 2.01. The van der Waals surface area contributed by atoms with Gasteiger partial charge in [0, 0.05) is 12.8 Å². The second kappa shape index (κ2) is 4.51. The van der Waals surface area contributed by atoms with Gasteiger partial charge >= 0.3 is 6.18 Å². The summed E-state index contributed by atoms with van der Waals surface area (Å²) in [6.45, 7) is 0. The average Bonchev–Trinajstić information content (AvgIpc) is 2.63. The first-order valence-electron chi connectivity index (χ1n) is 5.63. The van der Waals surface area contributed by atoms with Gasteiger partial charge in [-0.2, -0.15) is 13.2 Å². The highest BCUT2D eigenvalue weighted by atomic mass is 19.4. The van der Waals surface area contributed by atoms with E-state index < -0.39 is 11.7 Å². The zero-order valence-electron chi connectivity index (χ0n) is 9.26. The molecule has 1 aromatic rings. The molecule has 0 radical (unpaired) electrons. The molecule has 0 heterocycles. The first-order chi connectivity index (χ1) is 7.95. The number of carbonyl (C=O) groups is 1. The molecule has 92 valence electrons. The van der Waals surface area contributed by atoms with Crippen LogP contribution in [0.5, 0.6) is 0 Å². The summed E-state index contributed by atoms with van der Waals surface area (Å²) >= 11 is 0. The third-order valence-electron chi connectivity index (χ3n) is 3.15. The summed E-state index contributed by atoms with van der Waals surface area (Å²) in [6.07, 6.45) is -1.53. The fourth-order valence-corrected chi connectivity index (χ4v) is 2.23. The van der Waals surface area contributed by atoms with Crippen molar-refractivity contribution in [2.24, 2.45) is 5.92 Å². The fraction of sp³-hybridized carbons (Fsp3) is 0.462. The van der Waals surface area contributed by atoms with Gasteiger partial charge in [0.1, 0.15) is 5.78 Å².